The molecule has 0 aromatic heterocycles. The lowest BCUT2D eigenvalue weighted by molar-refractivity contribution is 0.493. The topological polar surface area (TPSA) is 9.23 Å². The zero-order valence-electron chi connectivity index (χ0n) is 12.8. The molecule has 0 aliphatic heterocycles. The Morgan fingerprint density at radius 3 is 1.05 bits per heavy atom. The van der Waals surface area contributed by atoms with E-state index in [0.29, 0.717) is 0 Å². The van der Waals surface area contributed by atoms with E-state index in [1.807, 2.05) is 0 Å². The van der Waals surface area contributed by atoms with Crippen LogP contribution in [-0.2, 0) is 4.12 Å². The maximum absolute atomic E-state index is 7.50. The third-order valence-corrected chi connectivity index (χ3v) is 19.6. The minimum atomic E-state index is -1.34. The predicted octanol–water partition coefficient (Wildman–Crippen LogP) is 5.59. The fourth-order valence-corrected chi connectivity index (χ4v) is 19.8. The molecule has 0 radical (unpaired) electrons. The van der Waals surface area contributed by atoms with E-state index in [9.17, 15) is 0 Å². The van der Waals surface area contributed by atoms with Crippen LogP contribution in [0.15, 0.2) is 0 Å². The van der Waals surface area contributed by atoms with Gasteiger partial charge in [-0.1, -0.05) is 65.2 Å². The highest BCUT2D eigenvalue weighted by molar-refractivity contribution is 6.91. The largest absolute Gasteiger partial charge is 0.454 e. The normalized spacial score (nSPS) is 28.7. The Balaban J connectivity index is 1.62. The average Bonchev–Trinajstić information content (AvgIpc) is 3.31. The molecule has 4 aliphatic carbocycles. The van der Waals surface area contributed by atoms with Crippen LogP contribution in [0.4, 0.5) is 0 Å². The van der Waals surface area contributed by atoms with Crippen molar-refractivity contribution in [2.24, 2.45) is 0 Å². The van der Waals surface area contributed by atoms with Crippen molar-refractivity contribution in [3.63, 3.8) is 0 Å². The van der Waals surface area contributed by atoms with Crippen molar-refractivity contribution >= 4 is 16.6 Å². The first kappa shape index (κ1) is 13.1. The van der Waals surface area contributed by atoms with Crippen molar-refractivity contribution in [2.45, 2.75) is 99.5 Å². The van der Waals surface area contributed by atoms with Crippen molar-refractivity contribution < 1.29 is 4.12 Å². The minimum Gasteiger partial charge on any atom is -0.454 e. The molecule has 0 unspecified atom stereocenters. The SMILES string of the molecule is CC[Si](O[Si](CC)(C1CC1)C1CC1)(C1CC1)C1CC1. The predicted molar refractivity (Wildman–Crippen MR) is 85.5 cm³/mol. The van der Waals surface area contributed by atoms with E-state index in [4.69, 9.17) is 4.12 Å². The molecular weight excluding hydrogens is 264 g/mol. The Kier molecular flexibility index (Phi) is 3.06. The van der Waals surface area contributed by atoms with Gasteiger partial charge in [-0.05, 0) is 34.3 Å². The Hall–Kier alpha value is 0.394. The van der Waals surface area contributed by atoms with Gasteiger partial charge < -0.3 is 4.12 Å². The van der Waals surface area contributed by atoms with Crippen LogP contribution in [0.1, 0.15) is 65.2 Å². The van der Waals surface area contributed by atoms with Gasteiger partial charge in [0.25, 0.3) is 0 Å². The molecule has 4 saturated carbocycles. The zero-order chi connectivity index (χ0) is 13.1. The van der Waals surface area contributed by atoms with Crippen LogP contribution in [-0.4, -0.2) is 16.6 Å². The van der Waals surface area contributed by atoms with Crippen LogP contribution < -0.4 is 0 Å². The molecule has 1 nitrogen and oxygen atoms in total. The van der Waals surface area contributed by atoms with E-state index in [1.165, 1.54) is 63.5 Å². The highest BCUT2D eigenvalue weighted by Gasteiger charge is 2.64. The van der Waals surface area contributed by atoms with E-state index in [-0.39, 0.29) is 0 Å². The lowest BCUT2D eigenvalue weighted by Crippen LogP contribution is -2.53. The van der Waals surface area contributed by atoms with Crippen LogP contribution in [0, 0.1) is 0 Å². The quantitative estimate of drug-likeness (QED) is 0.530. The maximum Gasteiger partial charge on any atom is 0.185 e. The van der Waals surface area contributed by atoms with E-state index >= 15 is 0 Å². The molecule has 0 amide bonds. The molecule has 108 valence electrons. The molecule has 0 bridgehead atoms. The van der Waals surface area contributed by atoms with Crippen LogP contribution in [0.5, 0.6) is 0 Å². The summed E-state index contributed by atoms with van der Waals surface area (Å²) >= 11 is 0. The zero-order valence-corrected chi connectivity index (χ0v) is 14.8. The molecule has 4 rings (SSSR count). The standard InChI is InChI=1S/C16H30OSi2/c1-3-18(13-5-6-13,14-7-8-14)17-19(4-2,15-9-10-15)16-11-12-16/h13-16H,3-12H2,1-2H3. The average molecular weight is 295 g/mol. The summed E-state index contributed by atoms with van der Waals surface area (Å²) in [4.78, 5) is 0. The van der Waals surface area contributed by atoms with Crippen molar-refractivity contribution in [2.75, 3.05) is 0 Å². The highest BCUT2D eigenvalue weighted by atomic mass is 28.4. The van der Waals surface area contributed by atoms with Crippen molar-refractivity contribution in [3.05, 3.63) is 0 Å². The highest BCUT2D eigenvalue weighted by Crippen LogP contribution is 2.66. The molecule has 3 heteroatoms. The molecule has 0 aromatic rings. The minimum absolute atomic E-state index is 1.08. The van der Waals surface area contributed by atoms with Crippen LogP contribution >= 0.6 is 0 Å². The molecule has 0 aromatic carbocycles. The van der Waals surface area contributed by atoms with Crippen LogP contribution in [0.2, 0.25) is 34.3 Å². The van der Waals surface area contributed by atoms with Crippen molar-refractivity contribution in [1.82, 2.24) is 0 Å². The smallest absolute Gasteiger partial charge is 0.185 e. The van der Waals surface area contributed by atoms with Crippen molar-refractivity contribution in [1.29, 1.82) is 0 Å². The summed E-state index contributed by atoms with van der Waals surface area (Å²) in [5.41, 5.74) is 4.34. The van der Waals surface area contributed by atoms with Gasteiger partial charge in [-0.3, -0.25) is 0 Å². The van der Waals surface area contributed by atoms with Gasteiger partial charge in [-0.25, -0.2) is 0 Å². The van der Waals surface area contributed by atoms with Gasteiger partial charge >= 0.3 is 0 Å². The lowest BCUT2D eigenvalue weighted by atomic mass is 10.9. The van der Waals surface area contributed by atoms with E-state index in [0.717, 1.165) is 22.2 Å². The first-order chi connectivity index (χ1) is 9.25. The summed E-state index contributed by atoms with van der Waals surface area (Å²) in [7, 11) is -2.68. The number of hydrogen-bond acceptors (Lipinski definition) is 1. The second kappa shape index (κ2) is 4.44. The number of rotatable bonds is 8. The van der Waals surface area contributed by atoms with E-state index in [1.54, 1.807) is 0 Å². The lowest BCUT2D eigenvalue weighted by Gasteiger charge is -2.43. The van der Waals surface area contributed by atoms with Crippen LogP contribution in [0.3, 0.4) is 0 Å². The van der Waals surface area contributed by atoms with Gasteiger partial charge in [0, 0.05) is 0 Å². The Labute approximate surface area is 120 Å². The summed E-state index contributed by atoms with van der Waals surface area (Å²) in [5.74, 6) is 0. The van der Waals surface area contributed by atoms with Gasteiger partial charge in [0.1, 0.15) is 0 Å². The molecule has 4 fully saturated rings. The molecule has 0 atom stereocenters. The monoisotopic (exact) mass is 294 g/mol. The molecule has 0 heterocycles. The summed E-state index contributed by atoms with van der Waals surface area (Å²) in [6.45, 7) is 4.97. The van der Waals surface area contributed by atoms with Gasteiger partial charge in [-0.15, -0.1) is 0 Å². The molecule has 4 aliphatic rings. The summed E-state index contributed by atoms with van der Waals surface area (Å²) < 4.78 is 7.50. The van der Waals surface area contributed by atoms with Gasteiger partial charge in [0.2, 0.25) is 0 Å². The fraction of sp³-hybridized carbons (Fsp3) is 1.00. The third-order valence-electron chi connectivity index (χ3n) is 6.56. The van der Waals surface area contributed by atoms with Crippen LogP contribution in [0.25, 0.3) is 0 Å². The number of hydrogen-bond donors (Lipinski definition) is 0. The summed E-state index contributed by atoms with van der Waals surface area (Å²) in [5, 5.41) is 0. The Morgan fingerprint density at radius 1 is 0.632 bits per heavy atom. The Bertz CT molecular complexity index is 296. The van der Waals surface area contributed by atoms with Gasteiger partial charge in [0.05, 0.1) is 0 Å². The maximum atomic E-state index is 7.50. The fourth-order valence-electron chi connectivity index (χ4n) is 4.94. The van der Waals surface area contributed by atoms with E-state index in [2.05, 4.69) is 13.8 Å². The molecule has 0 N–H and O–H groups in total. The van der Waals surface area contributed by atoms with Gasteiger partial charge in [0.15, 0.2) is 16.6 Å². The molecule has 19 heavy (non-hydrogen) atoms. The third kappa shape index (κ3) is 2.11. The molecule has 0 spiro atoms. The molecule has 0 saturated heterocycles. The van der Waals surface area contributed by atoms with Crippen molar-refractivity contribution in [3.8, 4) is 0 Å². The van der Waals surface area contributed by atoms with Gasteiger partial charge in [-0.2, -0.15) is 0 Å². The first-order valence-electron chi connectivity index (χ1n) is 8.95. The second-order valence-electron chi connectivity index (χ2n) is 7.82. The summed E-state index contributed by atoms with van der Waals surface area (Å²) in [6.07, 6.45) is 12.2. The first-order valence-corrected chi connectivity index (χ1v) is 13.5. The molecular formula is C16H30OSi2. The second-order valence-corrected chi connectivity index (χ2v) is 17.1. The van der Waals surface area contributed by atoms with E-state index < -0.39 is 16.6 Å². The summed E-state index contributed by atoms with van der Waals surface area (Å²) in [6, 6.07) is 2.88. The Morgan fingerprint density at radius 2 is 0.895 bits per heavy atom.